The summed E-state index contributed by atoms with van der Waals surface area (Å²) in [6, 6.07) is 0. The van der Waals surface area contributed by atoms with Crippen molar-refractivity contribution in [2.24, 2.45) is 5.73 Å². The smallest absolute Gasteiger partial charge is 0.790 e. The molecule has 1 aromatic heterocycles. The van der Waals surface area contributed by atoms with Crippen molar-refractivity contribution in [3.8, 4) is 0 Å². The van der Waals surface area contributed by atoms with E-state index >= 15 is 0 Å². The van der Waals surface area contributed by atoms with Crippen molar-refractivity contribution < 1.29 is 132 Å². The second-order valence-corrected chi connectivity index (χ2v) is 10.4. The number of hydrogen-bond donors (Lipinski definition) is 3. The van der Waals surface area contributed by atoms with Crippen LogP contribution in [0.25, 0.3) is 6.08 Å². The molecule has 1 aliphatic rings. The normalized spacial score (nSPS) is 22.8. The first-order chi connectivity index (χ1) is 14.6. The first-order valence-corrected chi connectivity index (χ1v) is 12.8. The number of ether oxygens (including phenoxy) is 1. The molecule has 0 spiro atoms. The molecule has 0 aromatic carbocycles. The van der Waals surface area contributed by atoms with Crippen LogP contribution >= 0.6 is 23.5 Å². The van der Waals surface area contributed by atoms with E-state index in [1.54, 1.807) is 0 Å². The van der Waals surface area contributed by atoms with E-state index in [1.807, 2.05) is 0 Å². The quantitative estimate of drug-likeness (QED) is 0.181. The number of anilines is 1. The van der Waals surface area contributed by atoms with Crippen molar-refractivity contribution in [2.75, 3.05) is 18.9 Å². The molecule has 24 heteroatoms. The molecule has 1 saturated heterocycles. The van der Waals surface area contributed by atoms with Crippen molar-refractivity contribution in [1.82, 2.24) is 9.55 Å². The maximum absolute atomic E-state index is 12.1. The fraction of sp³-hybridized carbons (Fsp3) is 0.500. The summed E-state index contributed by atoms with van der Waals surface area (Å²) in [5.41, 5.74) is 10.5. The summed E-state index contributed by atoms with van der Waals surface area (Å²) in [5, 5.41) is 10.1. The van der Waals surface area contributed by atoms with Gasteiger partial charge in [-0.05, 0) is 0 Å². The minimum absolute atomic E-state index is 0. The van der Waals surface area contributed by atoms with Gasteiger partial charge >= 0.3 is 81.1 Å². The number of aliphatic hydroxyl groups is 1. The number of nitrogens with two attached hydrogens (primary N) is 2. The molecule has 1 aromatic rings. The second kappa shape index (κ2) is 17.0. The molecule has 17 nitrogen and oxygen atoms in total. The Labute approximate surface area is 252 Å². The number of aliphatic hydroxyl groups excluding tert-OH is 1. The summed E-state index contributed by atoms with van der Waals surface area (Å²) in [6.45, 7) is -0.821. The molecule has 3 unspecified atom stereocenters. The Morgan fingerprint density at radius 3 is 2.25 bits per heavy atom. The van der Waals surface area contributed by atoms with Gasteiger partial charge in [0.1, 0.15) is 18.1 Å². The molecule has 0 radical (unpaired) electrons. The van der Waals surface area contributed by atoms with E-state index in [9.17, 15) is 43.2 Å². The van der Waals surface area contributed by atoms with Crippen LogP contribution in [0.4, 0.5) is 5.82 Å². The topological polar surface area (TPSA) is 288 Å². The molecular formula is C12H17Li4N4O13P3. The van der Waals surface area contributed by atoms with Crippen LogP contribution in [0.15, 0.2) is 17.1 Å². The Morgan fingerprint density at radius 1 is 1.14 bits per heavy atom. The zero-order chi connectivity index (χ0) is 24.3. The van der Waals surface area contributed by atoms with Gasteiger partial charge in [0.25, 0.3) is 15.6 Å². The summed E-state index contributed by atoms with van der Waals surface area (Å²) >= 11 is 0. The number of phosphoric acid groups is 3. The molecule has 2 rings (SSSR count). The minimum Gasteiger partial charge on any atom is -0.790 e. The summed E-state index contributed by atoms with van der Waals surface area (Å²) in [4.78, 5) is 59.1. The third-order valence-electron chi connectivity index (χ3n) is 3.76. The number of rotatable bonds is 10. The Balaban J connectivity index is -0.00000272. The fourth-order valence-corrected chi connectivity index (χ4v) is 5.38. The van der Waals surface area contributed by atoms with E-state index in [-0.39, 0.29) is 94.2 Å². The van der Waals surface area contributed by atoms with E-state index in [2.05, 4.69) is 18.1 Å². The largest absolute Gasteiger partial charge is 1.00 e. The van der Waals surface area contributed by atoms with Crippen molar-refractivity contribution in [3.63, 3.8) is 0 Å². The summed E-state index contributed by atoms with van der Waals surface area (Å²) in [6.07, 6.45) is 0.169. The van der Waals surface area contributed by atoms with Gasteiger partial charge < -0.3 is 50.0 Å². The Kier molecular flexibility index (Phi) is 19.7. The summed E-state index contributed by atoms with van der Waals surface area (Å²) in [7, 11) is -18.0. The van der Waals surface area contributed by atoms with Crippen molar-refractivity contribution >= 4 is 35.4 Å². The SMILES string of the molecule is NC/C=C/c1cn([C@H]2CC(O)[C@@H](COP(=O)([O-])OP(=O)([O-])OP(=O)([O-])[O-])O2)c(=O)nc1N.[Li+].[Li+].[Li+].[Li+]. The molecule has 1 fully saturated rings. The minimum atomic E-state index is -6.12. The van der Waals surface area contributed by atoms with Gasteiger partial charge in [0.15, 0.2) is 0 Å². The van der Waals surface area contributed by atoms with Crippen LogP contribution in [0, 0.1) is 0 Å². The third-order valence-corrected chi connectivity index (χ3v) is 7.42. The molecule has 1 aliphatic heterocycles. The van der Waals surface area contributed by atoms with Gasteiger partial charge in [-0.25, -0.2) is 9.11 Å². The van der Waals surface area contributed by atoms with Crippen LogP contribution in [0.1, 0.15) is 18.2 Å². The molecule has 2 heterocycles. The fourth-order valence-electron chi connectivity index (χ4n) is 2.51. The molecule has 5 N–H and O–H groups in total. The van der Waals surface area contributed by atoms with Crippen LogP contribution in [0.5, 0.6) is 0 Å². The van der Waals surface area contributed by atoms with Crippen molar-refractivity contribution in [2.45, 2.75) is 24.9 Å². The molecular weight excluding hydrogens is 529 g/mol. The van der Waals surface area contributed by atoms with Gasteiger partial charge in [-0.1, -0.05) is 12.2 Å². The van der Waals surface area contributed by atoms with Gasteiger partial charge in [0.05, 0.1) is 20.5 Å². The second-order valence-electron chi connectivity index (χ2n) is 6.14. The average molecular weight is 546 g/mol. The maximum Gasteiger partial charge on any atom is 1.00 e. The van der Waals surface area contributed by atoms with Crippen LogP contribution < -0.4 is 112 Å². The predicted octanol–water partition coefficient (Wildman–Crippen LogP) is -15.7. The van der Waals surface area contributed by atoms with Gasteiger partial charge in [-0.15, -0.1) is 0 Å². The number of nitrogens with zero attached hydrogens (tertiary/aromatic N) is 2. The van der Waals surface area contributed by atoms with Crippen molar-refractivity contribution in [1.29, 1.82) is 0 Å². The standard InChI is InChI=1S/C12H21N4O13P3.4Li/c13-3-1-2-7-5-16(12(18)15-11(7)14)10-4-8(17)9(27-10)6-26-31(22,23)29-32(24,25)28-30(19,20)21;;;;/h1-2,5,8-10,17H,3-4,6,13H2,(H,22,23)(H,24,25)(H2,14,15,18)(H2,19,20,21);;;;/q;4*+1/p-4/b2-1+;;;;/t8?,9-,10-;;;;/m1..../s1. The first kappa shape index (κ1) is 41.6. The zero-order valence-corrected chi connectivity index (χ0v) is 22.5. The van der Waals surface area contributed by atoms with Crippen LogP contribution in [0.2, 0.25) is 0 Å². The van der Waals surface area contributed by atoms with Gasteiger partial charge in [-0.2, -0.15) is 4.98 Å². The number of aromatic nitrogens is 2. The van der Waals surface area contributed by atoms with E-state index in [1.165, 1.54) is 18.3 Å². The maximum atomic E-state index is 12.1. The summed E-state index contributed by atoms with van der Waals surface area (Å²) < 4.78 is 50.1. The van der Waals surface area contributed by atoms with Crippen LogP contribution in [0.3, 0.4) is 0 Å². The molecule has 5 atom stereocenters. The van der Waals surface area contributed by atoms with E-state index < -0.39 is 54.2 Å². The Hall–Kier alpha value is 1.10. The van der Waals surface area contributed by atoms with E-state index in [0.29, 0.717) is 5.56 Å². The molecule has 0 aliphatic carbocycles. The summed E-state index contributed by atoms with van der Waals surface area (Å²) in [5.74, 6) is -0.0937. The number of hydrogen-bond acceptors (Lipinski definition) is 16. The van der Waals surface area contributed by atoms with Gasteiger partial charge in [0.2, 0.25) is 0 Å². The molecule has 0 bridgehead atoms. The zero-order valence-electron chi connectivity index (χ0n) is 19.8. The first-order valence-electron chi connectivity index (χ1n) is 8.42. The Bertz CT molecular complexity index is 1070. The molecule has 0 amide bonds. The average Bonchev–Trinajstić information content (AvgIpc) is 2.97. The molecule has 0 saturated carbocycles. The van der Waals surface area contributed by atoms with Gasteiger partial charge in [0, 0.05) is 24.7 Å². The van der Waals surface area contributed by atoms with E-state index in [4.69, 9.17) is 16.2 Å². The number of nitrogen functional groups attached to an aromatic ring is 1. The monoisotopic (exact) mass is 546 g/mol. The van der Waals surface area contributed by atoms with E-state index in [0.717, 1.165) is 4.57 Å². The van der Waals surface area contributed by atoms with Gasteiger partial charge in [-0.3, -0.25) is 18.0 Å². The Morgan fingerprint density at radius 2 is 1.72 bits per heavy atom. The van der Waals surface area contributed by atoms with Crippen LogP contribution in [-0.4, -0.2) is 40.0 Å². The van der Waals surface area contributed by atoms with Crippen molar-refractivity contribution in [3.05, 3.63) is 28.3 Å². The van der Waals surface area contributed by atoms with Crippen LogP contribution in [-0.2, 0) is 31.6 Å². The number of phosphoric ester groups is 1. The third kappa shape index (κ3) is 13.4. The molecule has 182 valence electrons. The predicted molar refractivity (Wildman–Crippen MR) is 96.5 cm³/mol. The molecule has 36 heavy (non-hydrogen) atoms.